The van der Waals surface area contributed by atoms with Gasteiger partial charge in [0.15, 0.2) is 12.7 Å². The molecule has 2 aromatic carbocycles. The molecule has 7 heteroatoms. The minimum atomic E-state index is -0.758. The predicted octanol–water partition coefficient (Wildman–Crippen LogP) is 3.06. The fraction of sp³-hybridized carbons (Fsp3) is 0.263. The summed E-state index contributed by atoms with van der Waals surface area (Å²) in [5, 5.41) is 0. The molecule has 0 bridgehead atoms. The summed E-state index contributed by atoms with van der Waals surface area (Å²) in [7, 11) is 0. The maximum absolute atomic E-state index is 12.0. The second-order valence-electron chi connectivity index (χ2n) is 5.81. The lowest BCUT2D eigenvalue weighted by Crippen LogP contribution is -2.48. The summed E-state index contributed by atoms with van der Waals surface area (Å²) in [6.45, 7) is 5.20. The number of halogens is 1. The van der Waals surface area contributed by atoms with Crippen molar-refractivity contribution >= 4 is 27.7 Å². The molecule has 0 fully saturated rings. The molecule has 0 aliphatic heterocycles. The Morgan fingerprint density at radius 2 is 1.88 bits per heavy atom. The van der Waals surface area contributed by atoms with Crippen molar-refractivity contribution in [3.63, 3.8) is 0 Å². The molecule has 0 aromatic heterocycles. The summed E-state index contributed by atoms with van der Waals surface area (Å²) in [4.78, 5) is 23.8. The van der Waals surface area contributed by atoms with Gasteiger partial charge in [-0.15, -0.1) is 0 Å². The second-order valence-corrected chi connectivity index (χ2v) is 6.73. The third-order valence-corrected chi connectivity index (χ3v) is 3.99. The zero-order valence-electron chi connectivity index (χ0n) is 14.8. The van der Waals surface area contributed by atoms with E-state index in [2.05, 4.69) is 26.8 Å². The molecule has 0 spiro atoms. The van der Waals surface area contributed by atoms with Crippen molar-refractivity contribution < 1.29 is 19.1 Å². The van der Waals surface area contributed by atoms with E-state index in [9.17, 15) is 9.59 Å². The summed E-state index contributed by atoms with van der Waals surface area (Å²) in [5.74, 6) is 0.266. The van der Waals surface area contributed by atoms with Crippen LogP contribution in [0.5, 0.6) is 11.5 Å². The van der Waals surface area contributed by atoms with Crippen molar-refractivity contribution in [2.24, 2.45) is 0 Å². The molecule has 26 heavy (non-hydrogen) atoms. The van der Waals surface area contributed by atoms with Gasteiger partial charge in [0.25, 0.3) is 11.8 Å². The average molecular weight is 421 g/mol. The minimum absolute atomic E-state index is 0.212. The summed E-state index contributed by atoms with van der Waals surface area (Å²) in [6, 6.07) is 12.9. The Balaban J connectivity index is 1.76. The largest absolute Gasteiger partial charge is 0.483 e. The first-order chi connectivity index (χ1) is 12.3. The maximum atomic E-state index is 12.0. The van der Waals surface area contributed by atoms with Crippen molar-refractivity contribution in [3.8, 4) is 11.5 Å². The average Bonchev–Trinajstić information content (AvgIpc) is 2.58. The van der Waals surface area contributed by atoms with E-state index in [-0.39, 0.29) is 6.61 Å². The standard InChI is InChI=1S/C19H21BrN2O4/c1-12-5-4-6-16(9-12)26-14(3)19(24)22-21-18(23)11-25-17-8-7-15(20)10-13(17)2/h4-10,14H,11H2,1-3H3,(H,21,23)(H,22,24). The highest BCUT2D eigenvalue weighted by molar-refractivity contribution is 9.10. The van der Waals surface area contributed by atoms with E-state index in [1.54, 1.807) is 19.1 Å². The molecule has 1 unspecified atom stereocenters. The number of aryl methyl sites for hydroxylation is 2. The first-order valence-corrected chi connectivity index (χ1v) is 8.85. The highest BCUT2D eigenvalue weighted by Gasteiger charge is 2.15. The van der Waals surface area contributed by atoms with Crippen LogP contribution in [0.15, 0.2) is 46.9 Å². The van der Waals surface area contributed by atoms with Crippen LogP contribution in [0.3, 0.4) is 0 Å². The number of carbonyl (C=O) groups is 2. The third-order valence-electron chi connectivity index (χ3n) is 3.49. The van der Waals surface area contributed by atoms with Crippen LogP contribution in [0, 0.1) is 13.8 Å². The molecule has 2 N–H and O–H groups in total. The summed E-state index contributed by atoms with van der Waals surface area (Å²) < 4.78 is 11.9. The van der Waals surface area contributed by atoms with Gasteiger partial charge in [-0.1, -0.05) is 28.1 Å². The molecule has 0 aliphatic carbocycles. The van der Waals surface area contributed by atoms with Gasteiger partial charge in [0.2, 0.25) is 0 Å². The number of ether oxygens (including phenoxy) is 2. The van der Waals surface area contributed by atoms with Gasteiger partial charge in [-0.05, 0) is 62.2 Å². The van der Waals surface area contributed by atoms with E-state index < -0.39 is 17.9 Å². The molecule has 138 valence electrons. The Morgan fingerprint density at radius 1 is 1.12 bits per heavy atom. The van der Waals surface area contributed by atoms with Gasteiger partial charge in [0, 0.05) is 4.47 Å². The third kappa shape index (κ3) is 6.07. The van der Waals surface area contributed by atoms with Crippen LogP contribution >= 0.6 is 15.9 Å². The monoisotopic (exact) mass is 420 g/mol. The van der Waals surface area contributed by atoms with E-state index in [0.29, 0.717) is 11.5 Å². The molecule has 0 saturated carbocycles. The predicted molar refractivity (Wildman–Crippen MR) is 102 cm³/mol. The van der Waals surface area contributed by atoms with Crippen molar-refractivity contribution in [1.82, 2.24) is 10.9 Å². The second kappa shape index (κ2) is 9.24. The Bertz CT molecular complexity index is 795. The maximum Gasteiger partial charge on any atom is 0.279 e. The molecule has 2 amide bonds. The lowest BCUT2D eigenvalue weighted by Gasteiger charge is -2.15. The van der Waals surface area contributed by atoms with E-state index in [0.717, 1.165) is 15.6 Å². The number of hydrogen-bond donors (Lipinski definition) is 2. The van der Waals surface area contributed by atoms with E-state index in [4.69, 9.17) is 9.47 Å². The number of benzene rings is 2. The fourth-order valence-electron chi connectivity index (χ4n) is 2.13. The quantitative estimate of drug-likeness (QED) is 0.703. The van der Waals surface area contributed by atoms with Gasteiger partial charge in [-0.25, -0.2) is 0 Å². The first kappa shape index (κ1) is 19.8. The Morgan fingerprint density at radius 3 is 2.58 bits per heavy atom. The number of carbonyl (C=O) groups excluding carboxylic acids is 2. The van der Waals surface area contributed by atoms with Crippen molar-refractivity contribution in [3.05, 3.63) is 58.1 Å². The van der Waals surface area contributed by atoms with Crippen LogP contribution in [-0.2, 0) is 9.59 Å². The number of nitrogens with one attached hydrogen (secondary N) is 2. The molecule has 1 atom stereocenters. The Hall–Kier alpha value is -2.54. The summed E-state index contributed by atoms with van der Waals surface area (Å²) >= 11 is 3.36. The van der Waals surface area contributed by atoms with E-state index in [1.807, 2.05) is 44.2 Å². The van der Waals surface area contributed by atoms with Gasteiger partial charge >= 0.3 is 0 Å². The molecule has 2 aromatic rings. The van der Waals surface area contributed by atoms with Crippen molar-refractivity contribution in [2.75, 3.05) is 6.61 Å². The SMILES string of the molecule is Cc1cccc(OC(C)C(=O)NNC(=O)COc2ccc(Br)cc2C)c1. The molecular weight excluding hydrogens is 400 g/mol. The Labute approximate surface area is 161 Å². The highest BCUT2D eigenvalue weighted by atomic mass is 79.9. The summed E-state index contributed by atoms with van der Waals surface area (Å²) in [5.41, 5.74) is 6.57. The molecule has 0 aliphatic rings. The van der Waals surface area contributed by atoms with Crippen LogP contribution in [0.1, 0.15) is 18.1 Å². The molecule has 2 rings (SSSR count). The number of amides is 2. The van der Waals surface area contributed by atoms with Crippen molar-refractivity contribution in [1.29, 1.82) is 0 Å². The molecule has 0 saturated heterocycles. The van der Waals surface area contributed by atoms with Gasteiger partial charge in [-0.2, -0.15) is 0 Å². The lowest BCUT2D eigenvalue weighted by atomic mass is 10.2. The molecule has 0 radical (unpaired) electrons. The van der Waals surface area contributed by atoms with Crippen LogP contribution in [0.25, 0.3) is 0 Å². The smallest absolute Gasteiger partial charge is 0.279 e. The lowest BCUT2D eigenvalue weighted by molar-refractivity contribution is -0.133. The zero-order chi connectivity index (χ0) is 19.1. The number of hydrogen-bond acceptors (Lipinski definition) is 4. The number of rotatable bonds is 6. The zero-order valence-corrected chi connectivity index (χ0v) is 16.4. The van der Waals surface area contributed by atoms with Gasteiger partial charge in [0.05, 0.1) is 0 Å². The van der Waals surface area contributed by atoms with E-state index >= 15 is 0 Å². The fourth-order valence-corrected chi connectivity index (χ4v) is 2.61. The van der Waals surface area contributed by atoms with Crippen LogP contribution in [0.2, 0.25) is 0 Å². The van der Waals surface area contributed by atoms with Crippen molar-refractivity contribution in [2.45, 2.75) is 26.9 Å². The van der Waals surface area contributed by atoms with Crippen LogP contribution in [0.4, 0.5) is 0 Å². The molecular formula is C19H21BrN2O4. The first-order valence-electron chi connectivity index (χ1n) is 8.06. The van der Waals surface area contributed by atoms with Gasteiger partial charge < -0.3 is 9.47 Å². The minimum Gasteiger partial charge on any atom is -0.483 e. The van der Waals surface area contributed by atoms with Crippen LogP contribution in [-0.4, -0.2) is 24.5 Å². The topological polar surface area (TPSA) is 76.7 Å². The van der Waals surface area contributed by atoms with Gasteiger partial charge in [0.1, 0.15) is 11.5 Å². The molecule has 6 nitrogen and oxygen atoms in total. The number of hydrazine groups is 1. The Kier molecular flexibility index (Phi) is 7.03. The van der Waals surface area contributed by atoms with Crippen LogP contribution < -0.4 is 20.3 Å². The summed E-state index contributed by atoms with van der Waals surface area (Å²) in [6.07, 6.45) is -0.758. The van der Waals surface area contributed by atoms with Gasteiger partial charge in [-0.3, -0.25) is 20.4 Å². The normalized spacial score (nSPS) is 11.4. The molecule has 0 heterocycles. The van der Waals surface area contributed by atoms with E-state index in [1.165, 1.54) is 0 Å². The highest BCUT2D eigenvalue weighted by Crippen LogP contribution is 2.21.